The van der Waals surface area contributed by atoms with Crippen molar-refractivity contribution >= 4 is 17.4 Å². The lowest BCUT2D eigenvalue weighted by atomic mass is 10.1. The summed E-state index contributed by atoms with van der Waals surface area (Å²) in [6.45, 7) is 1.88. The number of aromatic nitrogens is 1. The number of benzene rings is 1. The zero-order valence-corrected chi connectivity index (χ0v) is 12.1. The first-order valence-electron chi connectivity index (χ1n) is 6.34. The number of pyridine rings is 1. The first-order valence-corrected chi connectivity index (χ1v) is 6.34. The van der Waals surface area contributed by atoms with E-state index in [0.29, 0.717) is 22.9 Å². The number of carbonyl (C=O) groups is 1. The Morgan fingerprint density at radius 2 is 1.86 bits per heavy atom. The van der Waals surface area contributed by atoms with E-state index in [9.17, 15) is 4.79 Å². The van der Waals surface area contributed by atoms with Crippen LogP contribution < -0.4 is 20.1 Å². The van der Waals surface area contributed by atoms with Crippen LogP contribution in [0.4, 0.5) is 16.2 Å². The molecule has 0 radical (unpaired) electrons. The van der Waals surface area contributed by atoms with Crippen molar-refractivity contribution in [2.24, 2.45) is 0 Å². The van der Waals surface area contributed by atoms with E-state index in [1.807, 2.05) is 6.92 Å². The summed E-state index contributed by atoms with van der Waals surface area (Å²) in [4.78, 5) is 15.9. The van der Waals surface area contributed by atoms with Gasteiger partial charge in [-0.3, -0.25) is 4.98 Å². The number of anilines is 2. The normalized spacial score (nSPS) is 9.86. The Balaban J connectivity index is 2.14. The van der Waals surface area contributed by atoms with E-state index in [-0.39, 0.29) is 6.03 Å². The molecule has 0 saturated carbocycles. The first-order chi connectivity index (χ1) is 10.1. The second-order valence-electron chi connectivity index (χ2n) is 4.34. The van der Waals surface area contributed by atoms with Gasteiger partial charge in [-0.25, -0.2) is 4.79 Å². The van der Waals surface area contributed by atoms with Gasteiger partial charge >= 0.3 is 6.03 Å². The van der Waals surface area contributed by atoms with E-state index in [1.165, 1.54) is 0 Å². The lowest BCUT2D eigenvalue weighted by Gasteiger charge is -2.14. The van der Waals surface area contributed by atoms with Crippen molar-refractivity contribution in [2.75, 3.05) is 24.9 Å². The van der Waals surface area contributed by atoms with Gasteiger partial charge in [0.25, 0.3) is 0 Å². The molecule has 1 aromatic carbocycles. The van der Waals surface area contributed by atoms with Crippen molar-refractivity contribution in [3.05, 3.63) is 42.2 Å². The molecule has 110 valence electrons. The summed E-state index contributed by atoms with van der Waals surface area (Å²) < 4.78 is 10.4. The molecule has 0 saturated heterocycles. The second kappa shape index (κ2) is 6.60. The molecule has 2 aromatic rings. The number of rotatable bonds is 4. The molecule has 0 spiro atoms. The van der Waals surface area contributed by atoms with Crippen molar-refractivity contribution in [1.29, 1.82) is 0 Å². The Hall–Kier alpha value is -2.76. The number of nitrogens with one attached hydrogen (secondary N) is 2. The predicted octanol–water partition coefficient (Wildman–Crippen LogP) is 3.05. The number of nitrogens with zero attached hydrogens (tertiary/aromatic N) is 1. The van der Waals surface area contributed by atoms with Crippen molar-refractivity contribution < 1.29 is 14.3 Å². The van der Waals surface area contributed by atoms with E-state index in [4.69, 9.17) is 9.47 Å². The summed E-state index contributed by atoms with van der Waals surface area (Å²) in [6.07, 6.45) is 3.21. The summed E-state index contributed by atoms with van der Waals surface area (Å²) in [5.74, 6) is 1.17. The average molecular weight is 287 g/mol. The van der Waals surface area contributed by atoms with Crippen LogP contribution in [0.3, 0.4) is 0 Å². The molecule has 6 heteroatoms. The van der Waals surface area contributed by atoms with Gasteiger partial charge in [-0.1, -0.05) is 0 Å². The third-order valence-electron chi connectivity index (χ3n) is 2.90. The molecule has 0 bridgehead atoms. The van der Waals surface area contributed by atoms with Gasteiger partial charge in [-0.05, 0) is 30.7 Å². The maximum atomic E-state index is 12.0. The van der Waals surface area contributed by atoms with Crippen molar-refractivity contribution in [1.82, 2.24) is 4.98 Å². The van der Waals surface area contributed by atoms with Crippen LogP contribution in [0.25, 0.3) is 0 Å². The number of carbonyl (C=O) groups excluding carboxylic acids is 1. The zero-order valence-electron chi connectivity index (χ0n) is 12.1. The molecule has 0 fully saturated rings. The van der Waals surface area contributed by atoms with Crippen LogP contribution in [0.1, 0.15) is 5.56 Å². The molecule has 1 heterocycles. The highest BCUT2D eigenvalue weighted by atomic mass is 16.5. The van der Waals surface area contributed by atoms with Gasteiger partial charge in [-0.15, -0.1) is 0 Å². The highest BCUT2D eigenvalue weighted by Gasteiger charge is 2.11. The lowest BCUT2D eigenvalue weighted by Crippen LogP contribution is -2.20. The maximum Gasteiger partial charge on any atom is 0.323 e. The number of hydrogen-bond donors (Lipinski definition) is 2. The van der Waals surface area contributed by atoms with E-state index < -0.39 is 0 Å². The highest BCUT2D eigenvalue weighted by Crippen LogP contribution is 2.32. The third-order valence-corrected chi connectivity index (χ3v) is 2.90. The second-order valence-corrected chi connectivity index (χ2v) is 4.34. The molecule has 1 aromatic heterocycles. The maximum absolute atomic E-state index is 12.0. The third kappa shape index (κ3) is 3.62. The zero-order chi connectivity index (χ0) is 15.2. The number of methoxy groups -OCH3 is 2. The van der Waals surface area contributed by atoms with Crippen molar-refractivity contribution in [2.45, 2.75) is 6.92 Å². The largest absolute Gasteiger partial charge is 0.493 e. The Morgan fingerprint density at radius 1 is 1.14 bits per heavy atom. The Morgan fingerprint density at radius 3 is 2.48 bits per heavy atom. The Kier molecular flexibility index (Phi) is 4.61. The summed E-state index contributed by atoms with van der Waals surface area (Å²) >= 11 is 0. The minimum Gasteiger partial charge on any atom is -0.493 e. The Bertz CT molecular complexity index is 630. The van der Waals surface area contributed by atoms with Gasteiger partial charge < -0.3 is 20.1 Å². The Labute approximate surface area is 123 Å². The molecule has 2 rings (SSSR count). The van der Waals surface area contributed by atoms with Gasteiger partial charge in [-0.2, -0.15) is 0 Å². The van der Waals surface area contributed by atoms with Crippen LogP contribution in [0.5, 0.6) is 11.5 Å². The predicted molar refractivity (Wildman–Crippen MR) is 81.2 cm³/mol. The highest BCUT2D eigenvalue weighted by molar-refractivity contribution is 6.00. The SMILES string of the molecule is COc1cc(C)c(NC(=O)Nc2cccnc2)cc1OC. The van der Waals surface area contributed by atoms with E-state index in [1.54, 1.807) is 50.9 Å². The quantitative estimate of drug-likeness (QED) is 0.906. The number of ether oxygens (including phenoxy) is 2. The molecule has 2 N–H and O–H groups in total. The summed E-state index contributed by atoms with van der Waals surface area (Å²) in [5, 5.41) is 5.47. The monoisotopic (exact) mass is 287 g/mol. The van der Waals surface area contributed by atoms with Gasteiger partial charge in [0, 0.05) is 18.0 Å². The molecule has 0 aliphatic carbocycles. The lowest BCUT2D eigenvalue weighted by molar-refractivity contribution is 0.262. The van der Waals surface area contributed by atoms with E-state index >= 15 is 0 Å². The van der Waals surface area contributed by atoms with Crippen LogP contribution in [-0.2, 0) is 0 Å². The van der Waals surface area contributed by atoms with Crippen LogP contribution in [0.2, 0.25) is 0 Å². The van der Waals surface area contributed by atoms with E-state index in [0.717, 1.165) is 5.56 Å². The molecule has 2 amide bonds. The van der Waals surface area contributed by atoms with Crippen LogP contribution in [-0.4, -0.2) is 25.2 Å². The number of aryl methyl sites for hydroxylation is 1. The number of urea groups is 1. The first kappa shape index (κ1) is 14.6. The molecule has 6 nitrogen and oxygen atoms in total. The van der Waals surface area contributed by atoms with Crippen molar-refractivity contribution in [3.63, 3.8) is 0 Å². The molecule has 0 aliphatic heterocycles. The summed E-state index contributed by atoms with van der Waals surface area (Å²) in [6, 6.07) is 6.68. The van der Waals surface area contributed by atoms with Crippen molar-refractivity contribution in [3.8, 4) is 11.5 Å². The molecule has 0 atom stereocenters. The fourth-order valence-corrected chi connectivity index (χ4v) is 1.84. The molecular weight excluding hydrogens is 270 g/mol. The standard InChI is InChI=1S/C15H17N3O3/c1-10-7-13(20-2)14(21-3)8-12(10)18-15(19)17-11-5-4-6-16-9-11/h4-9H,1-3H3,(H2,17,18,19). The number of hydrogen-bond acceptors (Lipinski definition) is 4. The molecule has 21 heavy (non-hydrogen) atoms. The molecular formula is C15H17N3O3. The fraction of sp³-hybridized carbons (Fsp3) is 0.200. The fourth-order valence-electron chi connectivity index (χ4n) is 1.84. The van der Waals surface area contributed by atoms with Gasteiger partial charge in [0.2, 0.25) is 0 Å². The van der Waals surface area contributed by atoms with Gasteiger partial charge in [0.1, 0.15) is 0 Å². The average Bonchev–Trinajstić information content (AvgIpc) is 2.49. The van der Waals surface area contributed by atoms with Gasteiger partial charge in [0.05, 0.1) is 26.1 Å². The minimum atomic E-state index is -0.349. The van der Waals surface area contributed by atoms with Crippen LogP contribution >= 0.6 is 0 Å². The summed E-state index contributed by atoms with van der Waals surface area (Å²) in [7, 11) is 3.12. The smallest absolute Gasteiger partial charge is 0.323 e. The van der Waals surface area contributed by atoms with Crippen LogP contribution in [0, 0.1) is 6.92 Å². The molecule has 0 unspecified atom stereocenters. The van der Waals surface area contributed by atoms with E-state index in [2.05, 4.69) is 15.6 Å². The van der Waals surface area contributed by atoms with Gasteiger partial charge in [0.15, 0.2) is 11.5 Å². The van der Waals surface area contributed by atoms with Crippen LogP contribution in [0.15, 0.2) is 36.7 Å². The minimum absolute atomic E-state index is 0.349. The topological polar surface area (TPSA) is 72.5 Å². The summed E-state index contributed by atoms with van der Waals surface area (Å²) in [5.41, 5.74) is 2.14. The number of amides is 2. The molecule has 0 aliphatic rings.